The Bertz CT molecular complexity index is 1370. The summed E-state index contributed by atoms with van der Waals surface area (Å²) in [5.41, 5.74) is 4.13. The van der Waals surface area contributed by atoms with Crippen LogP contribution in [0.2, 0.25) is 0 Å². The maximum absolute atomic E-state index is 12.3. The van der Waals surface area contributed by atoms with Gasteiger partial charge in [-0.2, -0.15) is 0 Å². The molecule has 0 bridgehead atoms. The van der Waals surface area contributed by atoms with Gasteiger partial charge in [0.05, 0.1) is 25.9 Å². The zero-order chi connectivity index (χ0) is 25.1. The zero-order valence-electron chi connectivity index (χ0n) is 19.9. The molecule has 184 valence electrons. The Balaban J connectivity index is 1.57. The fourth-order valence-electron chi connectivity index (χ4n) is 4.23. The molecule has 0 saturated carbocycles. The Hall–Kier alpha value is -3.75. The van der Waals surface area contributed by atoms with E-state index in [4.69, 9.17) is 23.9 Å². The van der Waals surface area contributed by atoms with Gasteiger partial charge in [0.25, 0.3) is 0 Å². The molecule has 36 heavy (non-hydrogen) atoms. The number of ether oxygens (including phenoxy) is 4. The summed E-state index contributed by atoms with van der Waals surface area (Å²) in [5.74, 6) is 1.36. The number of nitrogens with zero attached hydrogens (tertiary/aromatic N) is 1. The van der Waals surface area contributed by atoms with Gasteiger partial charge in [-0.3, -0.25) is 0 Å². The molecule has 1 unspecified atom stereocenters. The van der Waals surface area contributed by atoms with Gasteiger partial charge in [0, 0.05) is 21.4 Å². The van der Waals surface area contributed by atoms with E-state index < -0.39 is 6.16 Å². The molecule has 0 aliphatic carbocycles. The molecule has 2 heterocycles. The van der Waals surface area contributed by atoms with Crippen LogP contribution in [0.3, 0.4) is 0 Å². The fourth-order valence-corrected chi connectivity index (χ4v) is 5.50. The number of thioether (sulfide) groups is 1. The minimum absolute atomic E-state index is 0.0828. The first-order valence-corrected chi connectivity index (χ1v) is 12.4. The van der Waals surface area contributed by atoms with Gasteiger partial charge in [0.2, 0.25) is 5.90 Å². The Morgan fingerprint density at radius 3 is 2.61 bits per heavy atom. The van der Waals surface area contributed by atoms with Crippen molar-refractivity contribution in [3.05, 3.63) is 93.9 Å². The highest BCUT2D eigenvalue weighted by atomic mass is 32.2. The van der Waals surface area contributed by atoms with Crippen LogP contribution in [-0.4, -0.2) is 30.9 Å². The first kappa shape index (κ1) is 24.0. The number of fused-ring (bicyclic) bond motifs is 3. The van der Waals surface area contributed by atoms with Crippen molar-refractivity contribution in [3.8, 4) is 11.5 Å². The van der Waals surface area contributed by atoms with E-state index in [1.807, 2.05) is 54.6 Å². The molecule has 7 nitrogen and oxygen atoms in total. The van der Waals surface area contributed by atoms with Gasteiger partial charge >= 0.3 is 6.16 Å². The number of rotatable bonds is 7. The van der Waals surface area contributed by atoms with E-state index in [-0.39, 0.29) is 31.8 Å². The molecule has 0 radical (unpaired) electrons. The summed E-state index contributed by atoms with van der Waals surface area (Å²) in [6.07, 6.45) is -0.805. The van der Waals surface area contributed by atoms with Crippen LogP contribution >= 0.6 is 11.8 Å². The summed E-state index contributed by atoms with van der Waals surface area (Å²) >= 11 is 1.61. The van der Waals surface area contributed by atoms with E-state index in [1.54, 1.807) is 31.9 Å². The lowest BCUT2D eigenvalue weighted by molar-refractivity contribution is 0.101. The molecule has 8 heteroatoms. The lowest BCUT2D eigenvalue weighted by atomic mass is 10.0. The van der Waals surface area contributed by atoms with Crippen molar-refractivity contribution >= 4 is 29.4 Å². The number of hydrogen-bond acceptors (Lipinski definition) is 8. The van der Waals surface area contributed by atoms with Gasteiger partial charge in [-0.25, -0.2) is 9.79 Å². The first-order chi connectivity index (χ1) is 17.6. The maximum atomic E-state index is 12.3. The summed E-state index contributed by atoms with van der Waals surface area (Å²) in [6, 6.07) is 20.9. The first-order valence-electron chi connectivity index (χ1n) is 11.6. The predicted molar refractivity (Wildman–Crippen MR) is 137 cm³/mol. The molecule has 0 amide bonds. The van der Waals surface area contributed by atoms with Crippen molar-refractivity contribution in [2.45, 2.75) is 31.1 Å². The highest BCUT2D eigenvalue weighted by molar-refractivity contribution is 8.03. The zero-order valence-corrected chi connectivity index (χ0v) is 20.7. The van der Waals surface area contributed by atoms with Gasteiger partial charge in [0.15, 0.2) is 0 Å². The van der Waals surface area contributed by atoms with Crippen molar-refractivity contribution in [2.75, 3.05) is 13.7 Å². The van der Waals surface area contributed by atoms with Crippen molar-refractivity contribution in [1.29, 1.82) is 0 Å². The standard InChI is InChI=1S/C28H25NO6S/c1-3-33-28(31)35-27-24(26-25(29-27)21-10-6-7-11-23(21)36-26)20-13-12-19(32-2)14-22(20)34-16-18-9-5-4-8-17(18)15-30/h4-14,25,30H,3,15-16H2,1-2H3. The summed E-state index contributed by atoms with van der Waals surface area (Å²) in [4.78, 5) is 19.1. The molecule has 0 fully saturated rings. The number of carbonyl (C=O) groups excluding carboxylic acids is 1. The van der Waals surface area contributed by atoms with Crippen LogP contribution in [0, 0.1) is 0 Å². The quantitative estimate of drug-likeness (QED) is 0.401. The fraction of sp³-hybridized carbons (Fsp3) is 0.214. The number of benzene rings is 3. The number of aliphatic imine (C=N–C) groups is 1. The Labute approximate surface area is 213 Å². The smallest absolute Gasteiger partial charge is 0.497 e. The number of methoxy groups -OCH3 is 1. The number of aliphatic hydroxyl groups is 1. The van der Waals surface area contributed by atoms with E-state index >= 15 is 0 Å². The van der Waals surface area contributed by atoms with Crippen LogP contribution in [0.25, 0.3) is 5.57 Å². The number of aliphatic hydroxyl groups excluding tert-OH is 1. The second-order valence-corrected chi connectivity index (χ2v) is 9.16. The van der Waals surface area contributed by atoms with Crippen LogP contribution in [0.4, 0.5) is 4.79 Å². The summed E-state index contributed by atoms with van der Waals surface area (Å²) in [7, 11) is 1.59. The molecule has 2 aliphatic rings. The Morgan fingerprint density at radius 1 is 1.06 bits per heavy atom. The third-order valence-corrected chi connectivity index (χ3v) is 7.20. The molecular weight excluding hydrogens is 478 g/mol. The third-order valence-electron chi connectivity index (χ3n) is 5.96. The van der Waals surface area contributed by atoms with E-state index in [0.29, 0.717) is 17.1 Å². The average molecular weight is 504 g/mol. The van der Waals surface area contributed by atoms with Crippen LogP contribution < -0.4 is 9.47 Å². The van der Waals surface area contributed by atoms with Gasteiger partial charge in [-0.1, -0.05) is 54.2 Å². The maximum Gasteiger partial charge on any atom is 0.515 e. The van der Waals surface area contributed by atoms with Gasteiger partial charge in [0.1, 0.15) is 24.1 Å². The molecule has 3 aromatic carbocycles. The SMILES string of the molecule is CCOC(=O)OC1=NC2C(=C1c1ccc(OC)cc1OCc1ccccc1CO)Sc1ccccc12. The van der Waals surface area contributed by atoms with E-state index in [1.165, 1.54) is 0 Å². The molecule has 3 aromatic rings. The van der Waals surface area contributed by atoms with E-state index in [9.17, 15) is 9.90 Å². The lowest BCUT2D eigenvalue weighted by Gasteiger charge is -2.17. The van der Waals surface area contributed by atoms with Gasteiger partial charge in [-0.15, -0.1) is 0 Å². The summed E-state index contributed by atoms with van der Waals surface area (Å²) in [6.45, 7) is 2.07. The molecule has 0 spiro atoms. The van der Waals surface area contributed by atoms with E-state index in [2.05, 4.69) is 6.07 Å². The Kier molecular flexibility index (Phi) is 6.97. The van der Waals surface area contributed by atoms with Crippen molar-refractivity contribution in [1.82, 2.24) is 0 Å². The highest BCUT2D eigenvalue weighted by Crippen LogP contribution is 2.56. The molecule has 1 atom stereocenters. The van der Waals surface area contributed by atoms with Crippen molar-refractivity contribution < 1.29 is 28.8 Å². The molecule has 5 rings (SSSR count). The van der Waals surface area contributed by atoms with Gasteiger partial charge < -0.3 is 24.1 Å². The second kappa shape index (κ2) is 10.5. The number of hydrogen-bond donors (Lipinski definition) is 1. The molecule has 0 aromatic heterocycles. The molecule has 1 N–H and O–H groups in total. The van der Waals surface area contributed by atoms with E-state index in [0.717, 1.165) is 32.1 Å². The summed E-state index contributed by atoms with van der Waals surface area (Å²) < 4.78 is 22.3. The minimum atomic E-state index is -0.805. The Morgan fingerprint density at radius 2 is 1.83 bits per heavy atom. The third kappa shape index (κ3) is 4.57. The normalized spacial score (nSPS) is 15.8. The van der Waals surface area contributed by atoms with Crippen LogP contribution in [0.1, 0.15) is 35.2 Å². The predicted octanol–water partition coefficient (Wildman–Crippen LogP) is 5.91. The van der Waals surface area contributed by atoms with Crippen LogP contribution in [0.5, 0.6) is 11.5 Å². The monoisotopic (exact) mass is 503 g/mol. The largest absolute Gasteiger partial charge is 0.515 e. The molecular formula is C28H25NO6S. The molecule has 2 aliphatic heterocycles. The van der Waals surface area contributed by atoms with Crippen LogP contribution in [-0.2, 0) is 22.7 Å². The van der Waals surface area contributed by atoms with Gasteiger partial charge in [-0.05, 0) is 41.8 Å². The lowest BCUT2D eigenvalue weighted by Crippen LogP contribution is -2.15. The van der Waals surface area contributed by atoms with Crippen molar-refractivity contribution in [2.24, 2.45) is 4.99 Å². The average Bonchev–Trinajstić information content (AvgIpc) is 3.43. The number of carbonyl (C=O) groups is 1. The van der Waals surface area contributed by atoms with Crippen molar-refractivity contribution in [3.63, 3.8) is 0 Å². The second-order valence-electron chi connectivity index (χ2n) is 8.08. The summed E-state index contributed by atoms with van der Waals surface area (Å²) in [5, 5.41) is 9.71. The minimum Gasteiger partial charge on any atom is -0.497 e. The topological polar surface area (TPSA) is 86.6 Å². The molecule has 0 saturated heterocycles. The van der Waals surface area contributed by atoms with Crippen LogP contribution in [0.15, 0.2) is 81.5 Å². The highest BCUT2D eigenvalue weighted by Gasteiger charge is 2.40.